The quantitative estimate of drug-likeness (QED) is 0.773. The molecule has 1 amide bonds. The molecule has 0 unspecified atom stereocenters. The minimum Gasteiger partial charge on any atom is -0.453 e. The zero-order valence-corrected chi connectivity index (χ0v) is 9.42. The van der Waals surface area contributed by atoms with Crippen molar-refractivity contribution in [2.45, 2.75) is 13.8 Å². The number of ether oxygens (including phenoxy) is 1. The van der Waals surface area contributed by atoms with E-state index in [9.17, 15) is 4.79 Å². The summed E-state index contributed by atoms with van der Waals surface area (Å²) < 4.78 is 4.49. The fraction of sp³-hybridized carbons (Fsp3) is 0.273. The van der Waals surface area contributed by atoms with Crippen molar-refractivity contribution in [3.8, 4) is 0 Å². The van der Waals surface area contributed by atoms with Crippen molar-refractivity contribution >= 4 is 23.1 Å². The fourth-order valence-corrected chi connectivity index (χ4v) is 1.48. The van der Waals surface area contributed by atoms with Gasteiger partial charge in [0.2, 0.25) is 5.95 Å². The average Bonchev–Trinajstić information content (AvgIpc) is 2.60. The number of aromatic amines is 1. The van der Waals surface area contributed by atoms with E-state index in [0.29, 0.717) is 5.95 Å². The summed E-state index contributed by atoms with van der Waals surface area (Å²) in [7, 11) is 1.31. The van der Waals surface area contributed by atoms with Crippen LogP contribution in [0.3, 0.4) is 0 Å². The number of nitrogens with one attached hydrogen (secondary N) is 2. The lowest BCUT2D eigenvalue weighted by Crippen LogP contribution is -2.11. The van der Waals surface area contributed by atoms with Crippen molar-refractivity contribution < 1.29 is 9.53 Å². The number of aromatic nitrogens is 2. The van der Waals surface area contributed by atoms with Gasteiger partial charge in [-0.15, -0.1) is 0 Å². The number of imidazole rings is 1. The fourth-order valence-electron chi connectivity index (χ4n) is 1.48. The summed E-state index contributed by atoms with van der Waals surface area (Å²) in [5.74, 6) is 0.395. The highest BCUT2D eigenvalue weighted by Crippen LogP contribution is 2.18. The molecule has 0 atom stereocenters. The molecular formula is C11H13N3O2. The van der Waals surface area contributed by atoms with Gasteiger partial charge in [0.15, 0.2) is 0 Å². The molecule has 0 aliphatic carbocycles. The largest absolute Gasteiger partial charge is 0.453 e. The summed E-state index contributed by atoms with van der Waals surface area (Å²) in [5.41, 5.74) is 4.08. The molecule has 1 heterocycles. The zero-order chi connectivity index (χ0) is 11.7. The first kappa shape index (κ1) is 10.5. The normalized spacial score (nSPS) is 10.4. The van der Waals surface area contributed by atoms with Crippen molar-refractivity contribution in [3.63, 3.8) is 0 Å². The van der Waals surface area contributed by atoms with E-state index >= 15 is 0 Å². The van der Waals surface area contributed by atoms with Gasteiger partial charge >= 0.3 is 6.09 Å². The molecule has 2 aromatic rings. The summed E-state index contributed by atoms with van der Waals surface area (Å²) >= 11 is 0. The van der Waals surface area contributed by atoms with Crippen LogP contribution in [-0.4, -0.2) is 23.2 Å². The molecule has 0 spiro atoms. The van der Waals surface area contributed by atoms with E-state index in [1.165, 1.54) is 18.2 Å². The van der Waals surface area contributed by atoms with E-state index in [2.05, 4.69) is 20.0 Å². The number of benzene rings is 1. The number of aryl methyl sites for hydroxylation is 2. The van der Waals surface area contributed by atoms with Gasteiger partial charge in [0.05, 0.1) is 18.1 Å². The van der Waals surface area contributed by atoms with Gasteiger partial charge in [-0.3, -0.25) is 5.32 Å². The summed E-state index contributed by atoms with van der Waals surface area (Å²) in [6, 6.07) is 3.98. The zero-order valence-electron chi connectivity index (χ0n) is 9.42. The molecule has 1 aromatic heterocycles. The van der Waals surface area contributed by atoms with Crippen molar-refractivity contribution in [2.75, 3.05) is 12.4 Å². The topological polar surface area (TPSA) is 67.0 Å². The number of H-pyrrole nitrogens is 1. The van der Waals surface area contributed by atoms with Crippen LogP contribution in [-0.2, 0) is 4.74 Å². The summed E-state index contributed by atoms with van der Waals surface area (Å²) in [6.07, 6.45) is -0.535. The first-order valence-corrected chi connectivity index (χ1v) is 4.92. The Balaban J connectivity index is 2.40. The van der Waals surface area contributed by atoms with Gasteiger partial charge in [-0.05, 0) is 37.1 Å². The van der Waals surface area contributed by atoms with E-state index in [-0.39, 0.29) is 0 Å². The van der Waals surface area contributed by atoms with Crippen molar-refractivity contribution in [3.05, 3.63) is 23.3 Å². The minimum atomic E-state index is -0.535. The first-order chi connectivity index (χ1) is 7.60. The molecule has 2 rings (SSSR count). The molecule has 1 aromatic carbocycles. The Morgan fingerprint density at radius 3 is 2.75 bits per heavy atom. The van der Waals surface area contributed by atoms with Crippen LogP contribution in [0.5, 0.6) is 0 Å². The number of rotatable bonds is 1. The molecule has 0 radical (unpaired) electrons. The Hall–Kier alpha value is -2.04. The summed E-state index contributed by atoms with van der Waals surface area (Å²) in [6.45, 7) is 4.06. The number of carbonyl (C=O) groups excluding carboxylic acids is 1. The van der Waals surface area contributed by atoms with Crippen molar-refractivity contribution in [1.82, 2.24) is 9.97 Å². The Morgan fingerprint density at radius 1 is 1.38 bits per heavy atom. The number of methoxy groups -OCH3 is 1. The van der Waals surface area contributed by atoms with Gasteiger partial charge in [0.25, 0.3) is 0 Å². The molecule has 5 heteroatoms. The Labute approximate surface area is 92.8 Å². The van der Waals surface area contributed by atoms with Crippen molar-refractivity contribution in [1.29, 1.82) is 0 Å². The van der Waals surface area contributed by atoms with Gasteiger partial charge in [-0.1, -0.05) is 0 Å². The smallest absolute Gasteiger partial charge is 0.413 e. The van der Waals surface area contributed by atoms with Gasteiger partial charge in [-0.25, -0.2) is 9.78 Å². The van der Waals surface area contributed by atoms with Crippen LogP contribution in [0.25, 0.3) is 11.0 Å². The number of nitrogens with zero attached hydrogens (tertiary/aromatic N) is 1. The number of hydrogen-bond acceptors (Lipinski definition) is 3. The van der Waals surface area contributed by atoms with Crippen LogP contribution in [0, 0.1) is 13.8 Å². The Bertz CT molecular complexity index is 506. The number of amides is 1. The molecule has 16 heavy (non-hydrogen) atoms. The summed E-state index contributed by atoms with van der Waals surface area (Å²) in [4.78, 5) is 18.2. The first-order valence-electron chi connectivity index (χ1n) is 4.92. The van der Waals surface area contributed by atoms with E-state index < -0.39 is 6.09 Å². The van der Waals surface area contributed by atoms with Gasteiger partial charge in [-0.2, -0.15) is 0 Å². The molecule has 0 aliphatic heterocycles. The predicted molar refractivity (Wildman–Crippen MR) is 61.6 cm³/mol. The SMILES string of the molecule is COC(=O)Nc1nc2cc(C)c(C)cc2[nH]1. The molecule has 0 saturated heterocycles. The van der Waals surface area contributed by atoms with Crippen LogP contribution in [0.2, 0.25) is 0 Å². The van der Waals surface area contributed by atoms with Crippen LogP contribution in [0.4, 0.5) is 10.7 Å². The number of fused-ring (bicyclic) bond motifs is 1. The molecule has 84 valence electrons. The molecule has 0 bridgehead atoms. The third-order valence-electron chi connectivity index (χ3n) is 2.50. The maximum absolute atomic E-state index is 11.0. The number of carbonyl (C=O) groups is 1. The third-order valence-corrected chi connectivity index (χ3v) is 2.50. The highest BCUT2D eigenvalue weighted by atomic mass is 16.5. The van der Waals surface area contributed by atoms with E-state index in [1.807, 2.05) is 26.0 Å². The lowest BCUT2D eigenvalue weighted by atomic mass is 10.1. The lowest BCUT2D eigenvalue weighted by molar-refractivity contribution is 0.186. The molecule has 0 saturated carbocycles. The third kappa shape index (κ3) is 1.84. The van der Waals surface area contributed by atoms with Crippen LogP contribution < -0.4 is 5.32 Å². The standard InChI is InChI=1S/C11H13N3O2/c1-6-4-8-9(5-7(6)2)13-10(12-8)14-11(15)16-3/h4-5H,1-3H3,(H2,12,13,14,15). The van der Waals surface area contributed by atoms with Crippen molar-refractivity contribution in [2.24, 2.45) is 0 Å². The van der Waals surface area contributed by atoms with Crippen LogP contribution in [0.1, 0.15) is 11.1 Å². The molecule has 0 fully saturated rings. The average molecular weight is 219 g/mol. The van der Waals surface area contributed by atoms with Crippen LogP contribution in [0.15, 0.2) is 12.1 Å². The molecule has 0 aliphatic rings. The molecule has 2 N–H and O–H groups in total. The maximum atomic E-state index is 11.0. The van der Waals surface area contributed by atoms with Gasteiger partial charge < -0.3 is 9.72 Å². The van der Waals surface area contributed by atoms with E-state index in [4.69, 9.17) is 0 Å². The number of anilines is 1. The number of hydrogen-bond donors (Lipinski definition) is 2. The summed E-state index contributed by atoms with van der Waals surface area (Å²) in [5, 5.41) is 2.49. The van der Waals surface area contributed by atoms with Crippen LogP contribution >= 0.6 is 0 Å². The maximum Gasteiger partial charge on any atom is 0.413 e. The monoisotopic (exact) mass is 219 g/mol. The van der Waals surface area contributed by atoms with E-state index in [0.717, 1.165) is 11.0 Å². The second-order valence-electron chi connectivity index (χ2n) is 3.66. The second kappa shape index (κ2) is 3.84. The Kier molecular flexibility index (Phi) is 2.52. The molecular weight excluding hydrogens is 206 g/mol. The van der Waals surface area contributed by atoms with Gasteiger partial charge in [0, 0.05) is 0 Å². The second-order valence-corrected chi connectivity index (χ2v) is 3.66. The van der Waals surface area contributed by atoms with E-state index in [1.54, 1.807) is 0 Å². The lowest BCUT2D eigenvalue weighted by Gasteiger charge is -1.97. The van der Waals surface area contributed by atoms with Gasteiger partial charge in [0.1, 0.15) is 0 Å². The highest BCUT2D eigenvalue weighted by Gasteiger charge is 2.07. The highest BCUT2D eigenvalue weighted by molar-refractivity contribution is 5.86. The predicted octanol–water partition coefficient (Wildman–Crippen LogP) is 2.36. The molecule has 5 nitrogen and oxygen atoms in total. The Morgan fingerprint density at radius 2 is 2.06 bits per heavy atom. The minimum absolute atomic E-state index is 0.395.